The Labute approximate surface area is 212 Å². The normalized spacial score (nSPS) is 13.8. The molecule has 0 radical (unpaired) electrons. The molecule has 3 aromatic carbocycles. The molecule has 1 aliphatic heterocycles. The molecule has 37 heavy (non-hydrogen) atoms. The van der Waals surface area contributed by atoms with Crippen LogP contribution in [-0.4, -0.2) is 34.3 Å². The first-order valence-electron chi connectivity index (χ1n) is 10.9. The van der Waals surface area contributed by atoms with Crippen molar-refractivity contribution in [3.63, 3.8) is 0 Å². The summed E-state index contributed by atoms with van der Waals surface area (Å²) in [7, 11) is -7.98. The van der Waals surface area contributed by atoms with E-state index in [-0.39, 0.29) is 21.2 Å². The molecule has 0 saturated heterocycles. The van der Waals surface area contributed by atoms with E-state index >= 15 is 0 Å². The van der Waals surface area contributed by atoms with Crippen LogP contribution in [0.1, 0.15) is 0 Å². The number of aromatic nitrogens is 1. The van der Waals surface area contributed by atoms with Crippen molar-refractivity contribution < 1.29 is 26.0 Å². The average molecular weight is 539 g/mol. The van der Waals surface area contributed by atoms with Crippen LogP contribution in [0, 0.1) is 5.82 Å². The van der Waals surface area contributed by atoms with E-state index in [2.05, 4.69) is 15.0 Å². The zero-order chi connectivity index (χ0) is 26.2. The Hall–Kier alpha value is -4.29. The SMILES string of the molecule is O=C(CN1c2ccc(F)cc2-c2ccccc2S1(=O)=O)Nc1ccc(S(=O)(=O)Nc2cccnc2)cc1. The van der Waals surface area contributed by atoms with E-state index < -0.39 is 38.3 Å². The Bertz CT molecular complexity index is 1710. The summed E-state index contributed by atoms with van der Waals surface area (Å²) in [5, 5.41) is 2.58. The predicted molar refractivity (Wildman–Crippen MR) is 136 cm³/mol. The first-order chi connectivity index (χ1) is 17.6. The number of hydrogen-bond donors (Lipinski definition) is 2. The molecular formula is C25H19FN4O5S2. The molecule has 1 amide bonds. The fourth-order valence-electron chi connectivity index (χ4n) is 3.96. The molecule has 0 bridgehead atoms. The summed E-state index contributed by atoms with van der Waals surface area (Å²) in [4.78, 5) is 16.6. The van der Waals surface area contributed by atoms with Gasteiger partial charge in [0.25, 0.3) is 20.0 Å². The smallest absolute Gasteiger partial charge is 0.265 e. The molecule has 5 rings (SSSR count). The van der Waals surface area contributed by atoms with E-state index in [1.807, 2.05) is 0 Å². The highest BCUT2D eigenvalue weighted by atomic mass is 32.2. The van der Waals surface area contributed by atoms with E-state index in [1.165, 1.54) is 54.9 Å². The van der Waals surface area contributed by atoms with Crippen LogP contribution in [0.5, 0.6) is 0 Å². The van der Waals surface area contributed by atoms with E-state index in [4.69, 9.17) is 0 Å². The first kappa shape index (κ1) is 24.4. The summed E-state index contributed by atoms with van der Waals surface area (Å²) in [5.74, 6) is -1.20. The highest BCUT2D eigenvalue weighted by Gasteiger charge is 2.36. The van der Waals surface area contributed by atoms with Crippen molar-refractivity contribution in [3.8, 4) is 11.1 Å². The molecule has 0 spiro atoms. The summed E-state index contributed by atoms with van der Waals surface area (Å²) in [6.45, 7) is -0.572. The van der Waals surface area contributed by atoms with Crippen LogP contribution in [0.4, 0.5) is 21.5 Å². The number of pyridine rings is 1. The van der Waals surface area contributed by atoms with Crippen molar-refractivity contribution in [2.45, 2.75) is 9.79 Å². The largest absolute Gasteiger partial charge is 0.325 e. The van der Waals surface area contributed by atoms with E-state index in [0.717, 1.165) is 10.4 Å². The Morgan fingerprint density at radius 3 is 2.41 bits per heavy atom. The molecule has 12 heteroatoms. The minimum Gasteiger partial charge on any atom is -0.325 e. The molecule has 2 N–H and O–H groups in total. The number of anilines is 3. The lowest BCUT2D eigenvalue weighted by molar-refractivity contribution is -0.114. The van der Waals surface area contributed by atoms with Gasteiger partial charge in [0.1, 0.15) is 12.4 Å². The topological polar surface area (TPSA) is 126 Å². The number of rotatable bonds is 6. The molecule has 1 aromatic heterocycles. The van der Waals surface area contributed by atoms with Gasteiger partial charge in [-0.1, -0.05) is 18.2 Å². The quantitative estimate of drug-likeness (QED) is 0.384. The summed E-state index contributed by atoms with van der Waals surface area (Å²) >= 11 is 0. The molecular weight excluding hydrogens is 519 g/mol. The molecule has 0 unspecified atom stereocenters. The van der Waals surface area contributed by atoms with Gasteiger partial charge in [0.15, 0.2) is 0 Å². The molecule has 2 heterocycles. The third-order valence-corrected chi connectivity index (χ3v) is 8.84. The van der Waals surface area contributed by atoms with Crippen molar-refractivity contribution >= 4 is 43.0 Å². The Morgan fingerprint density at radius 2 is 1.68 bits per heavy atom. The monoisotopic (exact) mass is 538 g/mol. The second-order valence-corrected chi connectivity index (χ2v) is 11.6. The van der Waals surface area contributed by atoms with Crippen molar-refractivity contribution in [3.05, 3.63) is 97.1 Å². The number of sulfonamides is 2. The van der Waals surface area contributed by atoms with Crippen molar-refractivity contribution in [2.75, 3.05) is 20.9 Å². The molecule has 1 aliphatic rings. The van der Waals surface area contributed by atoms with E-state index in [0.29, 0.717) is 16.8 Å². The summed E-state index contributed by atoms with van der Waals surface area (Å²) in [6, 6.07) is 18.4. The van der Waals surface area contributed by atoms with Crippen LogP contribution in [0.25, 0.3) is 11.1 Å². The minimum atomic E-state index is -4.09. The molecule has 0 fully saturated rings. The number of benzene rings is 3. The molecule has 0 atom stereocenters. The van der Waals surface area contributed by atoms with Gasteiger partial charge in [0.2, 0.25) is 5.91 Å². The van der Waals surface area contributed by atoms with Gasteiger partial charge in [-0.2, -0.15) is 0 Å². The van der Waals surface area contributed by atoms with Gasteiger partial charge in [0, 0.05) is 23.0 Å². The van der Waals surface area contributed by atoms with Crippen LogP contribution < -0.4 is 14.3 Å². The van der Waals surface area contributed by atoms with E-state index in [9.17, 15) is 26.0 Å². The predicted octanol–water partition coefficient (Wildman–Crippen LogP) is 3.84. The van der Waals surface area contributed by atoms with Gasteiger partial charge in [0.05, 0.1) is 27.4 Å². The Morgan fingerprint density at radius 1 is 0.919 bits per heavy atom. The Kier molecular flexibility index (Phi) is 6.13. The number of carbonyl (C=O) groups is 1. The summed E-state index contributed by atoms with van der Waals surface area (Å²) in [5.41, 5.74) is 1.45. The number of hydrogen-bond acceptors (Lipinski definition) is 6. The lowest BCUT2D eigenvalue weighted by atomic mass is 10.0. The molecule has 188 valence electrons. The molecule has 9 nitrogen and oxygen atoms in total. The maximum absolute atomic E-state index is 14.0. The highest BCUT2D eigenvalue weighted by molar-refractivity contribution is 7.93. The van der Waals surface area contributed by atoms with Crippen LogP contribution in [0.3, 0.4) is 0 Å². The van der Waals surface area contributed by atoms with Crippen molar-refractivity contribution in [2.24, 2.45) is 0 Å². The third-order valence-electron chi connectivity index (χ3n) is 5.62. The van der Waals surface area contributed by atoms with Gasteiger partial charge in [-0.3, -0.25) is 18.8 Å². The number of fused-ring (bicyclic) bond motifs is 3. The van der Waals surface area contributed by atoms with Crippen molar-refractivity contribution in [1.29, 1.82) is 0 Å². The average Bonchev–Trinajstić information content (AvgIpc) is 2.87. The van der Waals surface area contributed by atoms with Gasteiger partial charge in [-0.25, -0.2) is 21.2 Å². The van der Waals surface area contributed by atoms with Crippen LogP contribution in [0.2, 0.25) is 0 Å². The zero-order valence-corrected chi connectivity index (χ0v) is 20.6. The fourth-order valence-corrected chi connectivity index (χ4v) is 6.65. The summed E-state index contributed by atoms with van der Waals surface area (Å²) < 4.78 is 69.1. The maximum Gasteiger partial charge on any atom is 0.265 e. The van der Waals surface area contributed by atoms with Crippen LogP contribution in [-0.2, 0) is 24.8 Å². The second-order valence-electron chi connectivity index (χ2n) is 8.09. The maximum atomic E-state index is 14.0. The molecule has 0 saturated carbocycles. The lowest BCUT2D eigenvalue weighted by Crippen LogP contribution is -2.40. The van der Waals surface area contributed by atoms with Crippen molar-refractivity contribution in [1.82, 2.24) is 4.98 Å². The summed E-state index contributed by atoms with van der Waals surface area (Å²) in [6.07, 6.45) is 2.88. The number of amides is 1. The second kappa shape index (κ2) is 9.30. The van der Waals surface area contributed by atoms with Crippen LogP contribution in [0.15, 0.2) is 101 Å². The van der Waals surface area contributed by atoms with Gasteiger partial charge in [-0.05, 0) is 60.7 Å². The number of carbonyl (C=O) groups excluding carboxylic acids is 1. The lowest BCUT2D eigenvalue weighted by Gasteiger charge is -2.31. The van der Waals surface area contributed by atoms with Gasteiger partial charge in [-0.15, -0.1) is 0 Å². The first-order valence-corrected chi connectivity index (χ1v) is 13.8. The van der Waals surface area contributed by atoms with Gasteiger partial charge >= 0.3 is 0 Å². The standard InChI is InChI=1S/C25H19FN4O5S2/c26-17-7-12-23-22(14-17)21-5-1-2-6-24(21)37(34,35)30(23)16-25(31)28-18-8-10-20(11-9-18)36(32,33)29-19-4-3-13-27-15-19/h1-15,29H,16H2,(H,28,31). The van der Waals surface area contributed by atoms with Crippen LogP contribution >= 0.6 is 0 Å². The highest BCUT2D eigenvalue weighted by Crippen LogP contribution is 2.43. The number of nitrogens with zero attached hydrogens (tertiary/aromatic N) is 2. The number of nitrogens with one attached hydrogen (secondary N) is 2. The Balaban J connectivity index is 1.36. The van der Waals surface area contributed by atoms with Gasteiger partial charge < -0.3 is 5.32 Å². The number of halogens is 1. The third kappa shape index (κ3) is 4.76. The minimum absolute atomic E-state index is 0.0309. The van der Waals surface area contributed by atoms with E-state index in [1.54, 1.807) is 30.3 Å². The zero-order valence-electron chi connectivity index (χ0n) is 19.0. The molecule has 0 aliphatic carbocycles. The fraction of sp³-hybridized carbons (Fsp3) is 0.0400. The molecule has 4 aromatic rings.